The Kier molecular flexibility index (Phi) is 7.53. The Labute approximate surface area is 181 Å². The highest BCUT2D eigenvalue weighted by molar-refractivity contribution is 6.39. The zero-order valence-corrected chi connectivity index (χ0v) is 18.0. The summed E-state index contributed by atoms with van der Waals surface area (Å²) in [5, 5.41) is 3.63. The van der Waals surface area contributed by atoms with Crippen molar-refractivity contribution in [2.75, 3.05) is 38.0 Å². The van der Waals surface area contributed by atoms with Gasteiger partial charge in [0.15, 0.2) is 0 Å². The van der Waals surface area contributed by atoms with Crippen molar-refractivity contribution >= 4 is 40.7 Å². The Morgan fingerprint density at radius 3 is 2.21 bits per heavy atom. The van der Waals surface area contributed by atoms with Crippen LogP contribution < -0.4 is 5.32 Å². The number of carbonyl (C=O) groups is 2. The molecule has 1 aliphatic heterocycles. The lowest BCUT2D eigenvalue weighted by Gasteiger charge is -2.34. The van der Waals surface area contributed by atoms with Gasteiger partial charge in [-0.2, -0.15) is 0 Å². The fourth-order valence-corrected chi connectivity index (χ4v) is 3.78. The average molecular weight is 434 g/mol. The molecule has 29 heavy (non-hydrogen) atoms. The number of nitrogens with zero attached hydrogens (tertiary/aromatic N) is 2. The molecule has 5 nitrogen and oxygen atoms in total. The van der Waals surface area contributed by atoms with Gasteiger partial charge in [-0.05, 0) is 24.6 Å². The summed E-state index contributed by atoms with van der Waals surface area (Å²) < 4.78 is 0. The highest BCUT2D eigenvalue weighted by atomic mass is 35.5. The fraction of sp³-hybridized carbons (Fsp3) is 0.364. The second kappa shape index (κ2) is 10.1. The van der Waals surface area contributed by atoms with Gasteiger partial charge in [-0.1, -0.05) is 59.1 Å². The highest BCUT2D eigenvalue weighted by Gasteiger charge is 2.21. The van der Waals surface area contributed by atoms with Gasteiger partial charge >= 0.3 is 0 Å². The molecule has 0 bridgehead atoms. The lowest BCUT2D eigenvalue weighted by atomic mass is 10.1. The van der Waals surface area contributed by atoms with Gasteiger partial charge in [-0.15, -0.1) is 0 Å². The molecule has 1 heterocycles. The Morgan fingerprint density at radius 1 is 0.966 bits per heavy atom. The molecular formula is C22H25Cl2N3O2. The summed E-state index contributed by atoms with van der Waals surface area (Å²) in [5.41, 5.74) is 2.68. The third-order valence-corrected chi connectivity index (χ3v) is 5.71. The predicted octanol–water partition coefficient (Wildman–Crippen LogP) is 4.02. The zero-order valence-electron chi connectivity index (χ0n) is 16.5. The van der Waals surface area contributed by atoms with Crippen molar-refractivity contribution in [2.24, 2.45) is 0 Å². The molecule has 1 fully saturated rings. The lowest BCUT2D eigenvalue weighted by molar-refractivity contribution is -0.132. The quantitative estimate of drug-likeness (QED) is 0.748. The first-order chi connectivity index (χ1) is 13.9. The van der Waals surface area contributed by atoms with Crippen LogP contribution in [0.2, 0.25) is 10.0 Å². The molecule has 0 unspecified atom stereocenters. The van der Waals surface area contributed by atoms with Crippen LogP contribution >= 0.6 is 23.2 Å². The third kappa shape index (κ3) is 6.20. The number of aryl methyl sites for hydroxylation is 1. The molecule has 1 N–H and O–H groups in total. The summed E-state index contributed by atoms with van der Waals surface area (Å²) in [4.78, 5) is 28.9. The maximum Gasteiger partial charge on any atom is 0.227 e. The molecule has 2 aromatic carbocycles. The highest BCUT2D eigenvalue weighted by Crippen LogP contribution is 2.29. The second-order valence-electron chi connectivity index (χ2n) is 7.28. The maximum atomic E-state index is 12.5. The molecule has 1 saturated heterocycles. The van der Waals surface area contributed by atoms with E-state index in [9.17, 15) is 9.59 Å². The van der Waals surface area contributed by atoms with Gasteiger partial charge in [0, 0.05) is 39.1 Å². The largest absolute Gasteiger partial charge is 0.340 e. The molecule has 154 valence electrons. The monoisotopic (exact) mass is 433 g/mol. The van der Waals surface area contributed by atoms with Crippen LogP contribution in [0.4, 0.5) is 5.69 Å². The van der Waals surface area contributed by atoms with Gasteiger partial charge in [-0.3, -0.25) is 14.5 Å². The minimum atomic E-state index is -0.127. The Balaban J connectivity index is 1.41. The minimum Gasteiger partial charge on any atom is -0.340 e. The fourth-order valence-electron chi connectivity index (χ4n) is 3.29. The summed E-state index contributed by atoms with van der Waals surface area (Å²) in [6, 6.07) is 13.2. The predicted molar refractivity (Wildman–Crippen MR) is 118 cm³/mol. The minimum absolute atomic E-state index is 0.127. The zero-order chi connectivity index (χ0) is 20.8. The molecule has 3 rings (SSSR count). The van der Waals surface area contributed by atoms with Crippen LogP contribution in [0.3, 0.4) is 0 Å². The summed E-state index contributed by atoms with van der Waals surface area (Å²) in [6.45, 7) is 5.56. The van der Waals surface area contributed by atoms with Crippen LogP contribution in [0.5, 0.6) is 0 Å². The van der Waals surface area contributed by atoms with Crippen LogP contribution in [0.1, 0.15) is 17.5 Å². The van der Waals surface area contributed by atoms with E-state index in [1.165, 1.54) is 5.56 Å². The summed E-state index contributed by atoms with van der Waals surface area (Å²) in [6.07, 6.45) is 0.778. The molecular weight excluding hydrogens is 409 g/mol. The molecule has 0 atom stereocenters. The number of hydrogen-bond donors (Lipinski definition) is 1. The SMILES string of the molecule is Cc1ccc(CC(=O)N2CCN(CCC(=O)Nc3c(Cl)cccc3Cl)CC2)cc1. The van der Waals surface area contributed by atoms with Crippen LogP contribution in [-0.4, -0.2) is 54.3 Å². The van der Waals surface area contributed by atoms with Gasteiger partial charge < -0.3 is 10.2 Å². The molecule has 0 aromatic heterocycles. The van der Waals surface area contributed by atoms with E-state index in [2.05, 4.69) is 10.2 Å². The summed E-state index contributed by atoms with van der Waals surface area (Å²) in [5.74, 6) is 0.0254. The Bertz CT molecular complexity index is 843. The van der Waals surface area contributed by atoms with E-state index in [1.54, 1.807) is 18.2 Å². The first-order valence-corrected chi connectivity index (χ1v) is 10.5. The van der Waals surface area contributed by atoms with Crippen molar-refractivity contribution in [3.63, 3.8) is 0 Å². The van der Waals surface area contributed by atoms with E-state index in [0.29, 0.717) is 48.2 Å². The van der Waals surface area contributed by atoms with Gasteiger partial charge in [0.05, 0.1) is 22.2 Å². The first-order valence-electron chi connectivity index (χ1n) is 9.72. The van der Waals surface area contributed by atoms with E-state index in [-0.39, 0.29) is 11.8 Å². The number of anilines is 1. The standard InChI is InChI=1S/C22H25Cl2N3O2/c1-16-5-7-17(8-6-16)15-21(29)27-13-11-26(12-14-27)10-9-20(28)25-22-18(23)3-2-4-19(22)24/h2-8H,9-15H2,1H3,(H,25,28). The number of piperazine rings is 1. The molecule has 7 heteroatoms. The molecule has 2 amide bonds. The van der Waals surface area contributed by atoms with E-state index in [4.69, 9.17) is 23.2 Å². The lowest BCUT2D eigenvalue weighted by Crippen LogP contribution is -2.49. The average Bonchev–Trinajstić information content (AvgIpc) is 2.71. The third-order valence-electron chi connectivity index (χ3n) is 5.08. The maximum absolute atomic E-state index is 12.5. The molecule has 0 aliphatic carbocycles. The summed E-state index contributed by atoms with van der Waals surface area (Å²) in [7, 11) is 0. The van der Waals surface area contributed by atoms with Gasteiger partial charge in [-0.25, -0.2) is 0 Å². The van der Waals surface area contributed by atoms with Crippen LogP contribution in [0.15, 0.2) is 42.5 Å². The Hall–Kier alpha value is -2.08. The van der Waals surface area contributed by atoms with E-state index in [1.807, 2.05) is 36.1 Å². The molecule has 0 radical (unpaired) electrons. The topological polar surface area (TPSA) is 52.7 Å². The molecule has 2 aromatic rings. The van der Waals surface area contributed by atoms with Crippen LogP contribution in [-0.2, 0) is 16.0 Å². The number of carbonyl (C=O) groups excluding carboxylic acids is 2. The smallest absolute Gasteiger partial charge is 0.227 e. The number of rotatable bonds is 6. The number of halogens is 2. The second-order valence-corrected chi connectivity index (χ2v) is 8.09. The van der Waals surface area contributed by atoms with Crippen molar-refractivity contribution in [3.05, 3.63) is 63.6 Å². The van der Waals surface area contributed by atoms with Crippen molar-refractivity contribution in [3.8, 4) is 0 Å². The summed E-state index contributed by atoms with van der Waals surface area (Å²) >= 11 is 12.2. The molecule has 0 spiro atoms. The van der Waals surface area contributed by atoms with Crippen LogP contribution in [0.25, 0.3) is 0 Å². The number of para-hydroxylation sites is 1. The van der Waals surface area contributed by atoms with Gasteiger partial charge in [0.25, 0.3) is 0 Å². The van der Waals surface area contributed by atoms with Crippen molar-refractivity contribution in [2.45, 2.75) is 19.8 Å². The van der Waals surface area contributed by atoms with E-state index < -0.39 is 0 Å². The molecule has 1 aliphatic rings. The van der Waals surface area contributed by atoms with Gasteiger partial charge in [0.1, 0.15) is 0 Å². The van der Waals surface area contributed by atoms with Gasteiger partial charge in [0.2, 0.25) is 11.8 Å². The number of nitrogens with one attached hydrogen (secondary N) is 1. The van der Waals surface area contributed by atoms with Crippen molar-refractivity contribution in [1.29, 1.82) is 0 Å². The number of benzene rings is 2. The Morgan fingerprint density at radius 2 is 1.59 bits per heavy atom. The normalized spacial score (nSPS) is 14.7. The number of hydrogen-bond acceptors (Lipinski definition) is 3. The van der Waals surface area contributed by atoms with Crippen molar-refractivity contribution in [1.82, 2.24) is 9.80 Å². The van der Waals surface area contributed by atoms with Crippen molar-refractivity contribution < 1.29 is 9.59 Å². The van der Waals surface area contributed by atoms with E-state index in [0.717, 1.165) is 18.7 Å². The molecule has 0 saturated carbocycles. The first kappa shape index (κ1) is 21.6. The van der Waals surface area contributed by atoms with E-state index >= 15 is 0 Å². The number of amides is 2. The van der Waals surface area contributed by atoms with Crippen LogP contribution in [0, 0.1) is 6.92 Å².